The first kappa shape index (κ1) is 15.3. The smallest absolute Gasteiger partial charge is 0.435 e. The van der Waals surface area contributed by atoms with Crippen LogP contribution >= 0.6 is 11.6 Å². The molecule has 0 atom stereocenters. The Kier molecular flexibility index (Phi) is 3.52. The third-order valence-corrected chi connectivity index (χ3v) is 3.46. The molecule has 2 N–H and O–H groups in total. The summed E-state index contributed by atoms with van der Waals surface area (Å²) in [4.78, 5) is 8.10. The average Bonchev–Trinajstić information content (AvgIpc) is 2.98. The van der Waals surface area contributed by atoms with Gasteiger partial charge in [-0.3, -0.25) is 0 Å². The van der Waals surface area contributed by atoms with E-state index in [1.165, 1.54) is 7.11 Å². The van der Waals surface area contributed by atoms with E-state index in [4.69, 9.17) is 22.1 Å². The zero-order chi connectivity index (χ0) is 16.8. The van der Waals surface area contributed by atoms with Crippen LogP contribution < -0.4 is 10.5 Å². The minimum absolute atomic E-state index is 0.0682. The zero-order valence-corrected chi connectivity index (χ0v) is 12.4. The molecule has 1 aromatic carbocycles. The van der Waals surface area contributed by atoms with Crippen molar-refractivity contribution < 1.29 is 17.9 Å². The van der Waals surface area contributed by atoms with Crippen molar-refractivity contribution in [3.63, 3.8) is 0 Å². The number of hydrogen-bond acceptors (Lipinski definition) is 5. The van der Waals surface area contributed by atoms with Crippen LogP contribution in [-0.4, -0.2) is 26.9 Å². The van der Waals surface area contributed by atoms with Crippen LogP contribution in [0.3, 0.4) is 0 Å². The lowest BCUT2D eigenvalue weighted by Gasteiger charge is -2.09. The molecule has 0 aliphatic carbocycles. The second kappa shape index (κ2) is 5.27. The highest BCUT2D eigenvalue weighted by Gasteiger charge is 2.33. The summed E-state index contributed by atoms with van der Waals surface area (Å²) in [6.07, 6.45) is -3.47. The minimum atomic E-state index is -4.56. The Balaban J connectivity index is 2.19. The molecule has 23 heavy (non-hydrogen) atoms. The highest BCUT2D eigenvalue weighted by atomic mass is 35.5. The molecule has 0 aliphatic rings. The van der Waals surface area contributed by atoms with Gasteiger partial charge in [-0.25, -0.2) is 9.67 Å². The molecule has 3 rings (SSSR count). The molecule has 0 radical (unpaired) electrons. The molecule has 0 saturated carbocycles. The maximum absolute atomic E-state index is 12.6. The fourth-order valence-electron chi connectivity index (χ4n) is 2.00. The van der Waals surface area contributed by atoms with Crippen LogP contribution in [0.1, 0.15) is 5.69 Å². The Labute approximate surface area is 132 Å². The zero-order valence-electron chi connectivity index (χ0n) is 11.6. The Morgan fingerprint density at radius 2 is 1.96 bits per heavy atom. The molecule has 0 unspecified atom stereocenters. The fraction of sp³-hybridized carbons (Fsp3) is 0.154. The van der Waals surface area contributed by atoms with E-state index in [-0.39, 0.29) is 22.3 Å². The number of halogens is 4. The van der Waals surface area contributed by atoms with Crippen molar-refractivity contribution in [2.45, 2.75) is 6.18 Å². The number of alkyl halides is 3. The van der Waals surface area contributed by atoms with Gasteiger partial charge >= 0.3 is 6.18 Å². The lowest BCUT2D eigenvalue weighted by atomic mass is 10.2. The van der Waals surface area contributed by atoms with Crippen molar-refractivity contribution in [3.05, 3.63) is 35.1 Å². The molecule has 0 aliphatic heterocycles. The first-order valence-corrected chi connectivity index (χ1v) is 6.62. The van der Waals surface area contributed by atoms with Crippen molar-refractivity contribution in [1.82, 2.24) is 19.7 Å². The van der Waals surface area contributed by atoms with E-state index < -0.39 is 11.9 Å². The maximum Gasteiger partial charge on any atom is 0.435 e. The number of nitrogen functional groups attached to an aromatic ring is 1. The number of ether oxygens (including phenoxy) is 1. The van der Waals surface area contributed by atoms with Crippen LogP contribution in [-0.2, 0) is 6.18 Å². The van der Waals surface area contributed by atoms with E-state index in [2.05, 4.69) is 15.1 Å². The molecule has 0 amide bonds. The van der Waals surface area contributed by atoms with Crippen LogP contribution in [0, 0.1) is 0 Å². The highest BCUT2D eigenvalue weighted by Crippen LogP contribution is 2.34. The number of anilines is 1. The Hall–Kier alpha value is -2.55. The molecule has 120 valence electrons. The topological polar surface area (TPSA) is 78.9 Å². The van der Waals surface area contributed by atoms with Gasteiger partial charge in [0, 0.05) is 11.6 Å². The van der Waals surface area contributed by atoms with E-state index in [1.807, 2.05) is 0 Å². The van der Waals surface area contributed by atoms with Crippen molar-refractivity contribution >= 4 is 28.3 Å². The SMILES string of the molecule is COc1ccc2c(N)nc(-n3ccc(C(F)(F)F)n3)nc2c1Cl. The van der Waals surface area contributed by atoms with Crippen LogP contribution in [0.15, 0.2) is 24.4 Å². The van der Waals surface area contributed by atoms with E-state index >= 15 is 0 Å². The van der Waals surface area contributed by atoms with Gasteiger partial charge in [0.05, 0.1) is 7.11 Å². The molecule has 6 nitrogen and oxygen atoms in total. The van der Waals surface area contributed by atoms with Crippen molar-refractivity contribution in [2.75, 3.05) is 12.8 Å². The quantitative estimate of drug-likeness (QED) is 0.773. The normalized spacial score (nSPS) is 11.9. The second-order valence-corrected chi connectivity index (χ2v) is 4.91. The van der Waals surface area contributed by atoms with Gasteiger partial charge < -0.3 is 10.5 Å². The largest absolute Gasteiger partial charge is 0.495 e. The molecule has 0 saturated heterocycles. The molecule has 3 aromatic rings. The van der Waals surface area contributed by atoms with Gasteiger partial charge in [-0.15, -0.1) is 0 Å². The summed E-state index contributed by atoms with van der Waals surface area (Å²) in [5.74, 6) is 0.305. The van der Waals surface area contributed by atoms with Gasteiger partial charge in [0.2, 0.25) is 0 Å². The summed E-state index contributed by atoms with van der Waals surface area (Å²) in [6.45, 7) is 0. The third kappa shape index (κ3) is 2.63. The summed E-state index contributed by atoms with van der Waals surface area (Å²) in [6, 6.07) is 4.03. The summed E-state index contributed by atoms with van der Waals surface area (Å²) in [7, 11) is 1.43. The third-order valence-electron chi connectivity index (χ3n) is 3.09. The van der Waals surface area contributed by atoms with Crippen LogP contribution in [0.4, 0.5) is 19.0 Å². The number of hydrogen-bond donors (Lipinski definition) is 1. The monoisotopic (exact) mass is 343 g/mol. The Bertz CT molecular complexity index is 893. The maximum atomic E-state index is 12.6. The minimum Gasteiger partial charge on any atom is -0.495 e. The molecule has 0 fully saturated rings. The predicted octanol–water partition coefficient (Wildman–Crippen LogP) is 3.08. The standard InChI is InChI=1S/C13H9ClF3N5O/c1-23-7-3-2-6-10(9(7)14)19-12(20-11(6)18)22-5-4-8(21-22)13(15,16)17/h2-5H,1H3,(H2,18,19,20). The molecular formula is C13H9ClF3N5O. The number of aromatic nitrogens is 4. The molecule has 2 heterocycles. The summed E-state index contributed by atoms with van der Waals surface area (Å²) < 4.78 is 43.9. The van der Waals surface area contributed by atoms with Gasteiger partial charge in [-0.05, 0) is 18.2 Å². The molecule has 0 bridgehead atoms. The number of nitrogens with two attached hydrogens (primary N) is 1. The molecule has 2 aromatic heterocycles. The number of methoxy groups -OCH3 is 1. The fourth-order valence-corrected chi connectivity index (χ4v) is 2.29. The van der Waals surface area contributed by atoms with Crippen LogP contribution in [0.25, 0.3) is 16.9 Å². The molecule has 0 spiro atoms. The molecular weight excluding hydrogens is 335 g/mol. The lowest BCUT2D eigenvalue weighted by molar-refractivity contribution is -0.141. The average molecular weight is 344 g/mol. The van der Waals surface area contributed by atoms with Gasteiger partial charge in [0.1, 0.15) is 22.1 Å². The first-order valence-electron chi connectivity index (χ1n) is 6.24. The van der Waals surface area contributed by atoms with Crippen LogP contribution in [0.2, 0.25) is 5.02 Å². The Morgan fingerprint density at radius 1 is 1.22 bits per heavy atom. The predicted molar refractivity (Wildman–Crippen MR) is 77.6 cm³/mol. The van der Waals surface area contributed by atoms with Gasteiger partial charge in [0.25, 0.3) is 5.95 Å². The van der Waals surface area contributed by atoms with Gasteiger partial charge in [0.15, 0.2) is 5.69 Å². The number of nitrogens with zero attached hydrogens (tertiary/aromatic N) is 4. The highest BCUT2D eigenvalue weighted by molar-refractivity contribution is 6.36. The molecule has 10 heteroatoms. The number of fused-ring (bicyclic) bond motifs is 1. The van der Waals surface area contributed by atoms with E-state index in [0.717, 1.165) is 16.9 Å². The van der Waals surface area contributed by atoms with Gasteiger partial charge in [-0.1, -0.05) is 11.6 Å². The summed E-state index contributed by atoms with van der Waals surface area (Å²) >= 11 is 6.17. The second-order valence-electron chi connectivity index (χ2n) is 4.53. The van der Waals surface area contributed by atoms with Crippen molar-refractivity contribution in [1.29, 1.82) is 0 Å². The first-order chi connectivity index (χ1) is 10.8. The summed E-state index contributed by atoms with van der Waals surface area (Å²) in [5, 5.41) is 4.05. The van der Waals surface area contributed by atoms with Crippen molar-refractivity contribution in [2.24, 2.45) is 0 Å². The Morgan fingerprint density at radius 3 is 2.57 bits per heavy atom. The van der Waals surface area contributed by atoms with E-state index in [9.17, 15) is 13.2 Å². The van der Waals surface area contributed by atoms with Crippen molar-refractivity contribution in [3.8, 4) is 11.7 Å². The van der Waals surface area contributed by atoms with E-state index in [1.54, 1.807) is 12.1 Å². The van der Waals surface area contributed by atoms with Crippen LogP contribution in [0.5, 0.6) is 5.75 Å². The summed E-state index contributed by atoms with van der Waals surface area (Å²) in [5.41, 5.74) is 5.04. The number of benzene rings is 1. The van der Waals surface area contributed by atoms with Gasteiger partial charge in [-0.2, -0.15) is 23.3 Å². The lowest BCUT2D eigenvalue weighted by Crippen LogP contribution is -2.09. The van der Waals surface area contributed by atoms with E-state index in [0.29, 0.717) is 11.1 Å². The number of rotatable bonds is 2.